The quantitative estimate of drug-likeness (QED) is 0.831. The molecule has 90 valence electrons. The zero-order valence-corrected chi connectivity index (χ0v) is 9.60. The summed E-state index contributed by atoms with van der Waals surface area (Å²) in [6.45, 7) is 3.24. The second-order valence-electron chi connectivity index (χ2n) is 3.57. The number of nitriles is 1. The lowest BCUT2D eigenvalue weighted by Crippen LogP contribution is -2.32. The van der Waals surface area contributed by atoms with Crippen molar-refractivity contribution in [2.45, 2.75) is 13.0 Å². The molecule has 0 radical (unpaired) electrons. The Hall–Kier alpha value is -1.93. The summed E-state index contributed by atoms with van der Waals surface area (Å²) in [7, 11) is 0. The predicted molar refractivity (Wildman–Crippen MR) is 61.1 cm³/mol. The first-order valence-electron chi connectivity index (χ1n) is 5.49. The highest BCUT2D eigenvalue weighted by molar-refractivity contribution is 5.46. The molecule has 2 rings (SSSR count). The van der Waals surface area contributed by atoms with Gasteiger partial charge in [0.25, 0.3) is 0 Å². The van der Waals surface area contributed by atoms with Crippen molar-refractivity contribution in [2.75, 3.05) is 19.9 Å². The van der Waals surface area contributed by atoms with Crippen molar-refractivity contribution >= 4 is 0 Å². The monoisotopic (exact) mass is 234 g/mol. The molecular weight excluding hydrogens is 220 g/mol. The number of hydrogen-bond donors (Lipinski definition) is 1. The van der Waals surface area contributed by atoms with E-state index in [1.165, 1.54) is 0 Å². The first-order valence-corrected chi connectivity index (χ1v) is 5.49. The van der Waals surface area contributed by atoms with Gasteiger partial charge in [0, 0.05) is 6.07 Å². The van der Waals surface area contributed by atoms with E-state index >= 15 is 0 Å². The molecule has 1 aromatic rings. The van der Waals surface area contributed by atoms with Gasteiger partial charge in [-0.3, -0.25) is 5.32 Å². The summed E-state index contributed by atoms with van der Waals surface area (Å²) >= 11 is 0. The van der Waals surface area contributed by atoms with Crippen LogP contribution in [-0.2, 0) is 0 Å². The molecule has 1 heterocycles. The standard InChI is InChI=1S/C12H14N2O3/c1-2-14-9(6-13)7-15-10-3-4-11-12(5-10)17-8-16-11/h3-5,9,14H,2,7-8H2,1H3. The number of ether oxygens (including phenoxy) is 3. The first kappa shape index (κ1) is 11.6. The Morgan fingerprint density at radius 1 is 1.47 bits per heavy atom. The highest BCUT2D eigenvalue weighted by Gasteiger charge is 2.14. The minimum atomic E-state index is -0.301. The van der Waals surface area contributed by atoms with Crippen molar-refractivity contribution in [1.82, 2.24) is 5.32 Å². The maximum absolute atomic E-state index is 8.85. The van der Waals surface area contributed by atoms with Crippen LogP contribution < -0.4 is 19.5 Å². The topological polar surface area (TPSA) is 63.5 Å². The van der Waals surface area contributed by atoms with Crippen LogP contribution in [0.1, 0.15) is 6.92 Å². The van der Waals surface area contributed by atoms with E-state index in [9.17, 15) is 0 Å². The third kappa shape index (κ3) is 2.80. The van der Waals surface area contributed by atoms with Crippen LogP contribution in [0.4, 0.5) is 0 Å². The molecule has 0 bridgehead atoms. The Kier molecular flexibility index (Phi) is 3.68. The van der Waals surface area contributed by atoms with E-state index in [0.29, 0.717) is 18.1 Å². The van der Waals surface area contributed by atoms with Crippen molar-refractivity contribution in [3.63, 3.8) is 0 Å². The molecule has 5 nitrogen and oxygen atoms in total. The molecule has 0 saturated heterocycles. The highest BCUT2D eigenvalue weighted by atomic mass is 16.7. The van der Waals surface area contributed by atoms with Crippen LogP contribution in [-0.4, -0.2) is 26.0 Å². The normalized spacial score (nSPS) is 14.1. The van der Waals surface area contributed by atoms with Gasteiger partial charge < -0.3 is 14.2 Å². The van der Waals surface area contributed by atoms with E-state index in [0.717, 1.165) is 12.3 Å². The van der Waals surface area contributed by atoms with E-state index in [1.54, 1.807) is 18.2 Å². The predicted octanol–water partition coefficient (Wildman–Crippen LogP) is 1.30. The smallest absolute Gasteiger partial charge is 0.231 e. The van der Waals surface area contributed by atoms with Crippen molar-refractivity contribution < 1.29 is 14.2 Å². The van der Waals surface area contributed by atoms with Crippen molar-refractivity contribution in [3.05, 3.63) is 18.2 Å². The number of nitrogens with zero attached hydrogens (tertiary/aromatic N) is 1. The average molecular weight is 234 g/mol. The van der Waals surface area contributed by atoms with E-state index in [-0.39, 0.29) is 12.8 Å². The molecule has 0 amide bonds. The molecular formula is C12H14N2O3. The second-order valence-corrected chi connectivity index (χ2v) is 3.57. The minimum absolute atomic E-state index is 0.247. The van der Waals surface area contributed by atoms with Crippen LogP contribution in [0.25, 0.3) is 0 Å². The lowest BCUT2D eigenvalue weighted by Gasteiger charge is -2.11. The molecule has 1 N–H and O–H groups in total. The molecule has 0 aromatic heterocycles. The number of likely N-dealkylation sites (N-methyl/N-ethyl adjacent to an activating group) is 1. The van der Waals surface area contributed by atoms with Gasteiger partial charge in [0.15, 0.2) is 11.5 Å². The van der Waals surface area contributed by atoms with E-state index in [4.69, 9.17) is 19.5 Å². The van der Waals surface area contributed by atoms with Gasteiger partial charge in [-0.2, -0.15) is 5.26 Å². The van der Waals surface area contributed by atoms with Crippen LogP contribution in [0, 0.1) is 11.3 Å². The fourth-order valence-corrected chi connectivity index (χ4v) is 1.53. The van der Waals surface area contributed by atoms with Gasteiger partial charge in [-0.15, -0.1) is 0 Å². The van der Waals surface area contributed by atoms with Crippen molar-refractivity contribution in [3.8, 4) is 23.3 Å². The molecule has 0 aliphatic carbocycles. The van der Waals surface area contributed by atoms with E-state index in [2.05, 4.69) is 11.4 Å². The summed E-state index contributed by atoms with van der Waals surface area (Å²) in [6, 6.07) is 7.20. The van der Waals surface area contributed by atoms with E-state index < -0.39 is 0 Å². The third-order valence-electron chi connectivity index (χ3n) is 2.37. The Labute approximate surface area is 99.9 Å². The first-order chi connectivity index (χ1) is 8.33. The minimum Gasteiger partial charge on any atom is -0.491 e. The van der Waals surface area contributed by atoms with Gasteiger partial charge in [0.1, 0.15) is 18.4 Å². The summed E-state index contributed by atoms with van der Waals surface area (Å²) in [4.78, 5) is 0. The van der Waals surface area contributed by atoms with Crippen LogP contribution in [0.3, 0.4) is 0 Å². The molecule has 1 aliphatic heterocycles. The molecule has 1 aliphatic rings. The Morgan fingerprint density at radius 2 is 2.29 bits per heavy atom. The SMILES string of the molecule is CCNC(C#N)COc1ccc2c(c1)OCO2. The Bertz CT molecular complexity index is 428. The largest absolute Gasteiger partial charge is 0.491 e. The summed E-state index contributed by atoms with van der Waals surface area (Å²) in [5.41, 5.74) is 0. The number of nitrogens with one attached hydrogen (secondary N) is 1. The lowest BCUT2D eigenvalue weighted by molar-refractivity contribution is 0.173. The average Bonchev–Trinajstić information content (AvgIpc) is 2.81. The fourth-order valence-electron chi connectivity index (χ4n) is 1.53. The molecule has 0 fully saturated rings. The molecule has 1 aromatic carbocycles. The van der Waals surface area contributed by atoms with E-state index in [1.807, 2.05) is 6.92 Å². The van der Waals surface area contributed by atoms with Crippen LogP contribution in [0.15, 0.2) is 18.2 Å². The maximum Gasteiger partial charge on any atom is 0.231 e. The highest BCUT2D eigenvalue weighted by Crippen LogP contribution is 2.35. The maximum atomic E-state index is 8.85. The Morgan fingerprint density at radius 3 is 3.06 bits per heavy atom. The third-order valence-corrected chi connectivity index (χ3v) is 2.37. The van der Waals surface area contributed by atoms with Gasteiger partial charge in [-0.25, -0.2) is 0 Å². The van der Waals surface area contributed by atoms with Crippen molar-refractivity contribution in [1.29, 1.82) is 5.26 Å². The lowest BCUT2D eigenvalue weighted by atomic mass is 10.3. The molecule has 0 saturated carbocycles. The summed E-state index contributed by atoms with van der Waals surface area (Å²) in [5.74, 6) is 2.08. The van der Waals surface area contributed by atoms with Gasteiger partial charge >= 0.3 is 0 Å². The zero-order chi connectivity index (χ0) is 12.1. The van der Waals surface area contributed by atoms with Crippen molar-refractivity contribution in [2.24, 2.45) is 0 Å². The second kappa shape index (κ2) is 5.41. The number of rotatable bonds is 5. The van der Waals surface area contributed by atoms with Crippen LogP contribution >= 0.6 is 0 Å². The van der Waals surface area contributed by atoms with Crippen LogP contribution in [0.5, 0.6) is 17.2 Å². The zero-order valence-electron chi connectivity index (χ0n) is 9.60. The molecule has 1 atom stereocenters. The number of fused-ring (bicyclic) bond motifs is 1. The Balaban J connectivity index is 1.93. The molecule has 17 heavy (non-hydrogen) atoms. The summed E-state index contributed by atoms with van der Waals surface area (Å²) in [5, 5.41) is 11.9. The summed E-state index contributed by atoms with van der Waals surface area (Å²) < 4.78 is 15.9. The molecule has 0 spiro atoms. The number of hydrogen-bond acceptors (Lipinski definition) is 5. The fraction of sp³-hybridized carbons (Fsp3) is 0.417. The van der Waals surface area contributed by atoms with Gasteiger partial charge in [0.2, 0.25) is 6.79 Å². The van der Waals surface area contributed by atoms with Crippen LogP contribution in [0.2, 0.25) is 0 Å². The molecule has 5 heteroatoms. The van der Waals surface area contributed by atoms with Gasteiger partial charge in [0.05, 0.1) is 6.07 Å². The number of benzene rings is 1. The van der Waals surface area contributed by atoms with Gasteiger partial charge in [-0.05, 0) is 18.7 Å². The molecule has 1 unspecified atom stereocenters. The van der Waals surface area contributed by atoms with Gasteiger partial charge in [-0.1, -0.05) is 6.92 Å². The summed E-state index contributed by atoms with van der Waals surface area (Å²) in [6.07, 6.45) is 0.